The van der Waals surface area contributed by atoms with Gasteiger partial charge in [0, 0.05) is 5.92 Å². The number of hydrogen-bond acceptors (Lipinski definition) is 3. The summed E-state index contributed by atoms with van der Waals surface area (Å²) in [5.74, 6) is 0.265. The molecule has 0 bridgehead atoms. The molecule has 1 aromatic carbocycles. The summed E-state index contributed by atoms with van der Waals surface area (Å²) in [4.78, 5) is 4.16. The average molecular weight is 225 g/mol. The normalized spacial score (nSPS) is 12.7. The molecule has 1 aromatic heterocycles. The number of hydrogen-bond donors (Lipinski definition) is 0. The van der Waals surface area contributed by atoms with Gasteiger partial charge in [-0.2, -0.15) is 4.37 Å². The van der Waals surface area contributed by atoms with Crippen LogP contribution in [-0.4, -0.2) is 9.36 Å². The van der Waals surface area contributed by atoms with Gasteiger partial charge < -0.3 is 0 Å². The van der Waals surface area contributed by atoms with Gasteiger partial charge in [0.15, 0.2) is 0 Å². The Balaban J connectivity index is 2.29. The Hall–Kier alpha value is -0.930. The van der Waals surface area contributed by atoms with Crippen molar-refractivity contribution in [2.45, 2.75) is 12.8 Å². The standard InChI is InChI=1S/C10H9ClN2S/c1-7(8-5-3-2-4-6-8)9-12-10(11)13-14-9/h2-7H,1H3. The Morgan fingerprint density at radius 3 is 2.57 bits per heavy atom. The minimum absolute atomic E-state index is 0.265. The van der Waals surface area contributed by atoms with E-state index in [9.17, 15) is 0 Å². The van der Waals surface area contributed by atoms with Crippen LogP contribution in [0.1, 0.15) is 23.4 Å². The minimum Gasteiger partial charge on any atom is -0.209 e. The summed E-state index contributed by atoms with van der Waals surface area (Å²) >= 11 is 7.04. The monoisotopic (exact) mass is 224 g/mol. The van der Waals surface area contributed by atoms with E-state index in [4.69, 9.17) is 11.6 Å². The molecule has 0 aliphatic rings. The van der Waals surface area contributed by atoms with Crippen molar-refractivity contribution in [1.82, 2.24) is 9.36 Å². The van der Waals surface area contributed by atoms with Crippen LogP contribution in [0, 0.1) is 0 Å². The fraction of sp³-hybridized carbons (Fsp3) is 0.200. The molecule has 0 aliphatic heterocycles. The molecule has 2 aromatic rings. The summed E-state index contributed by atoms with van der Waals surface area (Å²) in [6.45, 7) is 2.10. The van der Waals surface area contributed by atoms with Gasteiger partial charge in [0.1, 0.15) is 5.01 Å². The van der Waals surface area contributed by atoms with Crippen molar-refractivity contribution >= 4 is 23.1 Å². The molecule has 4 heteroatoms. The molecule has 0 N–H and O–H groups in total. The maximum Gasteiger partial charge on any atom is 0.234 e. The zero-order chi connectivity index (χ0) is 9.97. The van der Waals surface area contributed by atoms with E-state index < -0.39 is 0 Å². The van der Waals surface area contributed by atoms with E-state index in [1.807, 2.05) is 18.2 Å². The molecule has 2 rings (SSSR count). The third-order valence-corrected chi connectivity index (χ3v) is 3.25. The van der Waals surface area contributed by atoms with Crippen LogP contribution in [-0.2, 0) is 0 Å². The number of benzene rings is 1. The van der Waals surface area contributed by atoms with Gasteiger partial charge >= 0.3 is 0 Å². The number of rotatable bonds is 2. The molecular weight excluding hydrogens is 216 g/mol. The predicted octanol–water partition coefficient (Wildman–Crippen LogP) is 3.34. The zero-order valence-electron chi connectivity index (χ0n) is 7.64. The molecular formula is C10H9ClN2S. The first kappa shape index (κ1) is 9.62. The van der Waals surface area contributed by atoms with Crippen LogP contribution in [0.15, 0.2) is 30.3 Å². The third-order valence-electron chi connectivity index (χ3n) is 2.09. The van der Waals surface area contributed by atoms with Gasteiger partial charge in [-0.15, -0.1) is 0 Å². The molecule has 2 nitrogen and oxygen atoms in total. The highest BCUT2D eigenvalue weighted by Crippen LogP contribution is 2.25. The van der Waals surface area contributed by atoms with Crippen LogP contribution < -0.4 is 0 Å². The Bertz CT molecular complexity index is 413. The number of aromatic nitrogens is 2. The second-order valence-electron chi connectivity index (χ2n) is 3.03. The molecule has 0 saturated carbocycles. The SMILES string of the molecule is CC(c1ccccc1)c1nc(Cl)ns1. The molecule has 14 heavy (non-hydrogen) atoms. The first-order valence-electron chi connectivity index (χ1n) is 4.31. The lowest BCUT2D eigenvalue weighted by atomic mass is 10.0. The summed E-state index contributed by atoms with van der Waals surface area (Å²) in [6, 6.07) is 10.2. The van der Waals surface area contributed by atoms with Gasteiger partial charge in [-0.1, -0.05) is 37.3 Å². The van der Waals surface area contributed by atoms with Crippen LogP contribution in [0.4, 0.5) is 0 Å². The minimum atomic E-state index is 0.265. The Kier molecular flexibility index (Phi) is 2.79. The van der Waals surface area contributed by atoms with Crippen LogP contribution >= 0.6 is 23.1 Å². The van der Waals surface area contributed by atoms with Crippen LogP contribution in [0.2, 0.25) is 5.28 Å². The van der Waals surface area contributed by atoms with E-state index >= 15 is 0 Å². The molecule has 0 radical (unpaired) electrons. The molecule has 0 spiro atoms. The molecule has 0 fully saturated rings. The summed E-state index contributed by atoms with van der Waals surface area (Å²) in [5.41, 5.74) is 1.24. The van der Waals surface area contributed by atoms with Gasteiger partial charge in [0.05, 0.1) is 0 Å². The third kappa shape index (κ3) is 1.94. The van der Waals surface area contributed by atoms with Crippen LogP contribution in [0.3, 0.4) is 0 Å². The lowest BCUT2D eigenvalue weighted by Gasteiger charge is -2.06. The maximum absolute atomic E-state index is 5.68. The topological polar surface area (TPSA) is 25.8 Å². The molecule has 1 unspecified atom stereocenters. The molecule has 72 valence electrons. The van der Waals surface area contributed by atoms with Crippen molar-refractivity contribution in [3.63, 3.8) is 0 Å². The highest BCUT2D eigenvalue weighted by molar-refractivity contribution is 7.05. The van der Waals surface area contributed by atoms with E-state index in [0.717, 1.165) is 5.01 Å². The van der Waals surface area contributed by atoms with Gasteiger partial charge in [-0.05, 0) is 28.7 Å². The van der Waals surface area contributed by atoms with Crippen molar-refractivity contribution in [1.29, 1.82) is 0 Å². The quantitative estimate of drug-likeness (QED) is 0.782. The predicted molar refractivity (Wildman–Crippen MR) is 58.9 cm³/mol. The van der Waals surface area contributed by atoms with E-state index in [-0.39, 0.29) is 5.92 Å². The van der Waals surface area contributed by atoms with E-state index in [2.05, 4.69) is 28.4 Å². The van der Waals surface area contributed by atoms with Gasteiger partial charge in [-0.3, -0.25) is 0 Å². The Morgan fingerprint density at radius 1 is 1.29 bits per heavy atom. The Morgan fingerprint density at radius 2 is 2.00 bits per heavy atom. The lowest BCUT2D eigenvalue weighted by molar-refractivity contribution is 0.904. The highest BCUT2D eigenvalue weighted by Gasteiger charge is 2.12. The maximum atomic E-state index is 5.68. The van der Waals surface area contributed by atoms with E-state index in [1.54, 1.807) is 0 Å². The summed E-state index contributed by atoms with van der Waals surface area (Å²) in [5, 5.41) is 1.30. The Labute approximate surface area is 91.7 Å². The van der Waals surface area contributed by atoms with Crippen molar-refractivity contribution in [2.75, 3.05) is 0 Å². The van der Waals surface area contributed by atoms with Gasteiger partial charge in [0.2, 0.25) is 5.28 Å². The highest BCUT2D eigenvalue weighted by atomic mass is 35.5. The van der Waals surface area contributed by atoms with Crippen LogP contribution in [0.25, 0.3) is 0 Å². The molecule has 0 saturated heterocycles. The van der Waals surface area contributed by atoms with E-state index in [0.29, 0.717) is 5.28 Å². The van der Waals surface area contributed by atoms with Crippen molar-refractivity contribution in [2.24, 2.45) is 0 Å². The van der Waals surface area contributed by atoms with Crippen molar-refractivity contribution in [3.05, 3.63) is 46.2 Å². The summed E-state index contributed by atoms with van der Waals surface area (Å²) in [6.07, 6.45) is 0. The summed E-state index contributed by atoms with van der Waals surface area (Å²) < 4.78 is 3.96. The van der Waals surface area contributed by atoms with Crippen LogP contribution in [0.5, 0.6) is 0 Å². The lowest BCUT2D eigenvalue weighted by Crippen LogP contribution is -1.94. The van der Waals surface area contributed by atoms with E-state index in [1.165, 1.54) is 17.1 Å². The number of halogens is 1. The molecule has 0 amide bonds. The molecule has 0 aliphatic carbocycles. The largest absolute Gasteiger partial charge is 0.234 e. The second kappa shape index (κ2) is 4.07. The summed E-state index contributed by atoms with van der Waals surface area (Å²) in [7, 11) is 0. The van der Waals surface area contributed by atoms with Gasteiger partial charge in [0.25, 0.3) is 0 Å². The fourth-order valence-corrected chi connectivity index (χ4v) is 2.15. The second-order valence-corrected chi connectivity index (χ2v) is 4.16. The first-order chi connectivity index (χ1) is 6.77. The molecule has 1 heterocycles. The smallest absolute Gasteiger partial charge is 0.209 e. The van der Waals surface area contributed by atoms with Gasteiger partial charge in [-0.25, -0.2) is 4.98 Å². The van der Waals surface area contributed by atoms with Crippen molar-refractivity contribution in [3.8, 4) is 0 Å². The first-order valence-corrected chi connectivity index (χ1v) is 5.46. The van der Waals surface area contributed by atoms with Crippen molar-refractivity contribution < 1.29 is 0 Å². The fourth-order valence-electron chi connectivity index (χ4n) is 1.28. The average Bonchev–Trinajstić information content (AvgIpc) is 2.65. The number of nitrogens with zero attached hydrogens (tertiary/aromatic N) is 2. The molecule has 1 atom stereocenters. The zero-order valence-corrected chi connectivity index (χ0v) is 9.22.